The van der Waals surface area contributed by atoms with Crippen LogP contribution in [0.5, 0.6) is 0 Å². The van der Waals surface area contributed by atoms with E-state index in [-0.39, 0.29) is 18.4 Å². The van der Waals surface area contributed by atoms with Crippen LogP contribution in [0.4, 0.5) is 5.69 Å². The molecule has 1 aliphatic rings. The fourth-order valence-electron chi connectivity index (χ4n) is 2.14. The van der Waals surface area contributed by atoms with Gasteiger partial charge in [0, 0.05) is 16.7 Å². The lowest BCUT2D eigenvalue weighted by atomic mass is 10.1. The van der Waals surface area contributed by atoms with Crippen molar-refractivity contribution in [3.8, 4) is 0 Å². The van der Waals surface area contributed by atoms with E-state index in [2.05, 4.69) is 21.2 Å². The summed E-state index contributed by atoms with van der Waals surface area (Å²) in [5, 5.41) is 4.68. The Morgan fingerprint density at radius 2 is 2.05 bits per heavy atom. The molecule has 2 aromatic rings. The van der Waals surface area contributed by atoms with Gasteiger partial charge in [0.05, 0.1) is 0 Å². The molecule has 0 unspecified atom stereocenters. The second-order valence-electron chi connectivity index (χ2n) is 4.46. The van der Waals surface area contributed by atoms with Crippen LogP contribution in [0.1, 0.15) is 15.2 Å². The minimum absolute atomic E-state index is 0.0673. The van der Waals surface area contributed by atoms with Gasteiger partial charge in [-0.05, 0) is 39.0 Å². The highest BCUT2D eigenvalue weighted by Crippen LogP contribution is 2.27. The van der Waals surface area contributed by atoms with Crippen molar-refractivity contribution >= 4 is 44.8 Å². The Labute approximate surface area is 128 Å². The van der Waals surface area contributed by atoms with Crippen LogP contribution < -0.4 is 5.32 Å². The van der Waals surface area contributed by atoms with Gasteiger partial charge in [0.15, 0.2) is 0 Å². The summed E-state index contributed by atoms with van der Waals surface area (Å²) >= 11 is 4.73. The first-order valence-electron chi connectivity index (χ1n) is 6.05. The Kier molecular flexibility index (Phi) is 3.58. The number of carbonyl (C=O) groups is 2. The zero-order chi connectivity index (χ0) is 14.1. The molecule has 2 heterocycles. The fraction of sp³-hybridized carbons (Fsp3) is 0.143. The summed E-state index contributed by atoms with van der Waals surface area (Å²) in [6, 6.07) is 9.38. The number of halogens is 1. The van der Waals surface area contributed by atoms with Crippen molar-refractivity contribution in [2.45, 2.75) is 6.54 Å². The smallest absolute Gasteiger partial charge is 0.265 e. The molecule has 2 amide bonds. The van der Waals surface area contributed by atoms with Crippen LogP contribution in [0.25, 0.3) is 0 Å². The molecule has 0 fully saturated rings. The summed E-state index contributed by atoms with van der Waals surface area (Å²) < 4.78 is 0.769. The minimum Gasteiger partial charge on any atom is -0.324 e. The van der Waals surface area contributed by atoms with Crippen LogP contribution in [0.15, 0.2) is 40.2 Å². The number of anilines is 1. The van der Waals surface area contributed by atoms with Crippen LogP contribution in [0.3, 0.4) is 0 Å². The molecule has 1 aromatic heterocycles. The Balaban J connectivity index is 1.93. The molecule has 1 aliphatic heterocycles. The second-order valence-corrected chi connectivity index (χ2v) is 6.23. The van der Waals surface area contributed by atoms with E-state index in [1.807, 2.05) is 35.7 Å². The van der Waals surface area contributed by atoms with Gasteiger partial charge < -0.3 is 10.2 Å². The van der Waals surface area contributed by atoms with Gasteiger partial charge in [-0.2, -0.15) is 0 Å². The van der Waals surface area contributed by atoms with Gasteiger partial charge >= 0.3 is 0 Å². The van der Waals surface area contributed by atoms with Gasteiger partial charge in [-0.1, -0.05) is 18.2 Å². The average molecular weight is 351 g/mol. The number of nitrogens with zero attached hydrogens (tertiary/aromatic N) is 1. The van der Waals surface area contributed by atoms with Crippen molar-refractivity contribution in [3.63, 3.8) is 0 Å². The number of nitrogens with one attached hydrogen (secondary N) is 1. The van der Waals surface area contributed by atoms with Gasteiger partial charge in [0.2, 0.25) is 5.91 Å². The lowest BCUT2D eigenvalue weighted by molar-refractivity contribution is -0.116. The third kappa shape index (κ3) is 2.48. The number of carbonyl (C=O) groups excluding carboxylic acids is 2. The lowest BCUT2D eigenvalue weighted by Gasteiger charge is -2.19. The van der Waals surface area contributed by atoms with Gasteiger partial charge in [-0.15, -0.1) is 11.3 Å². The molecule has 6 heteroatoms. The molecule has 1 N–H and O–H groups in total. The van der Waals surface area contributed by atoms with Gasteiger partial charge in [0.1, 0.15) is 11.4 Å². The maximum absolute atomic E-state index is 12.5. The second kappa shape index (κ2) is 5.38. The van der Waals surface area contributed by atoms with Crippen molar-refractivity contribution in [1.82, 2.24) is 4.90 Å². The van der Waals surface area contributed by atoms with Crippen molar-refractivity contribution < 1.29 is 9.59 Å². The van der Waals surface area contributed by atoms with E-state index in [4.69, 9.17) is 0 Å². The summed E-state index contributed by atoms with van der Waals surface area (Å²) in [5.41, 5.74) is 1.72. The maximum Gasteiger partial charge on any atom is 0.265 e. The number of benzene rings is 1. The molecule has 0 saturated carbocycles. The topological polar surface area (TPSA) is 49.4 Å². The van der Waals surface area contributed by atoms with E-state index >= 15 is 0 Å². The molecule has 1 aromatic carbocycles. The van der Waals surface area contributed by atoms with Gasteiger partial charge in [-0.3, -0.25) is 9.59 Å². The Morgan fingerprint density at radius 3 is 2.80 bits per heavy atom. The Hall–Kier alpha value is -1.66. The molecule has 0 radical (unpaired) electrons. The standard InChI is InChI=1S/C14H11BrN2O2S/c15-10-5-6-20-13(10)14(19)17-7-9-3-1-2-4-11(9)16-12(18)8-17/h1-6H,7-8H2,(H,16,18). The first-order chi connectivity index (χ1) is 9.65. The van der Waals surface area contributed by atoms with Crippen molar-refractivity contribution in [1.29, 1.82) is 0 Å². The van der Waals surface area contributed by atoms with Gasteiger partial charge in [0.25, 0.3) is 5.91 Å². The van der Waals surface area contributed by atoms with Crippen molar-refractivity contribution in [2.75, 3.05) is 11.9 Å². The summed E-state index contributed by atoms with van der Waals surface area (Å²) in [6.45, 7) is 0.496. The predicted octanol–water partition coefficient (Wildman–Crippen LogP) is 3.11. The maximum atomic E-state index is 12.5. The number of hydrogen-bond acceptors (Lipinski definition) is 3. The molecule has 0 spiro atoms. The highest BCUT2D eigenvalue weighted by molar-refractivity contribution is 9.10. The normalized spacial score (nSPS) is 14.4. The number of thiophene rings is 1. The minimum atomic E-state index is -0.170. The largest absolute Gasteiger partial charge is 0.324 e. The third-order valence-corrected chi connectivity index (χ3v) is 4.91. The molecule has 0 atom stereocenters. The number of hydrogen-bond donors (Lipinski definition) is 1. The lowest BCUT2D eigenvalue weighted by Crippen LogP contribution is -2.35. The summed E-state index contributed by atoms with van der Waals surface area (Å²) in [5.74, 6) is -0.297. The van der Waals surface area contributed by atoms with E-state index in [0.717, 1.165) is 15.7 Å². The summed E-state index contributed by atoms with van der Waals surface area (Å²) in [7, 11) is 0. The van der Waals surface area contributed by atoms with E-state index in [0.29, 0.717) is 11.4 Å². The Bertz CT molecular complexity index is 683. The summed E-state index contributed by atoms with van der Waals surface area (Å²) in [6.07, 6.45) is 0. The van der Waals surface area contributed by atoms with Crippen LogP contribution in [0, 0.1) is 0 Å². The molecule has 0 bridgehead atoms. The first kappa shape index (κ1) is 13.3. The average Bonchev–Trinajstić information content (AvgIpc) is 2.77. The predicted molar refractivity (Wildman–Crippen MR) is 81.8 cm³/mol. The van der Waals surface area contributed by atoms with E-state index < -0.39 is 0 Å². The number of amides is 2. The first-order valence-corrected chi connectivity index (χ1v) is 7.72. The Morgan fingerprint density at radius 1 is 1.25 bits per heavy atom. The number of para-hydroxylation sites is 1. The molecular weight excluding hydrogens is 340 g/mol. The quantitative estimate of drug-likeness (QED) is 0.858. The molecule has 0 aliphatic carbocycles. The fourth-order valence-corrected chi connectivity index (χ4v) is 3.65. The van der Waals surface area contributed by atoms with Crippen LogP contribution in [-0.2, 0) is 11.3 Å². The SMILES string of the molecule is O=C1CN(C(=O)c2sccc2Br)Cc2ccccc2N1. The zero-order valence-corrected chi connectivity index (χ0v) is 12.8. The van der Waals surface area contributed by atoms with E-state index in [1.165, 1.54) is 11.3 Å². The van der Waals surface area contributed by atoms with Gasteiger partial charge in [-0.25, -0.2) is 0 Å². The van der Waals surface area contributed by atoms with Crippen molar-refractivity contribution in [2.24, 2.45) is 0 Å². The monoisotopic (exact) mass is 350 g/mol. The molecular formula is C14H11BrN2O2S. The highest BCUT2D eigenvalue weighted by Gasteiger charge is 2.25. The molecule has 4 nitrogen and oxygen atoms in total. The number of rotatable bonds is 1. The molecule has 0 saturated heterocycles. The van der Waals surface area contributed by atoms with E-state index in [1.54, 1.807) is 4.90 Å². The molecule has 20 heavy (non-hydrogen) atoms. The van der Waals surface area contributed by atoms with Crippen LogP contribution in [-0.4, -0.2) is 23.3 Å². The van der Waals surface area contributed by atoms with Crippen molar-refractivity contribution in [3.05, 3.63) is 50.6 Å². The number of fused-ring (bicyclic) bond motifs is 1. The third-order valence-electron chi connectivity index (χ3n) is 3.09. The van der Waals surface area contributed by atoms with Crippen LogP contribution in [0.2, 0.25) is 0 Å². The van der Waals surface area contributed by atoms with Crippen LogP contribution >= 0.6 is 27.3 Å². The zero-order valence-electron chi connectivity index (χ0n) is 10.4. The van der Waals surface area contributed by atoms with E-state index in [9.17, 15) is 9.59 Å². The molecule has 102 valence electrons. The summed E-state index contributed by atoms with van der Waals surface area (Å²) in [4.78, 5) is 26.6. The molecule has 3 rings (SSSR count). The highest BCUT2D eigenvalue weighted by atomic mass is 79.9.